The predicted molar refractivity (Wildman–Crippen MR) is 128 cm³/mol. The van der Waals surface area contributed by atoms with Gasteiger partial charge in [-0.1, -0.05) is 67.0 Å². The lowest BCUT2D eigenvalue weighted by Gasteiger charge is -2.27. The molecule has 164 valence electrons. The standard InChI is InChI=1S/C25H20Cl2F2N2S/c1-25(2,16-6-8-17(26)9-7-16)23-14-30-24(31(23)19-12-10-18(28)11-13-19)32-15-20-21(27)4-3-5-22(20)29/h3-14H,15H2,1-2H3. The lowest BCUT2D eigenvalue weighted by Crippen LogP contribution is -2.23. The number of halogens is 4. The van der Waals surface area contributed by atoms with Crippen molar-refractivity contribution in [3.8, 4) is 5.69 Å². The molecule has 0 saturated carbocycles. The molecule has 0 atom stereocenters. The second-order valence-electron chi connectivity index (χ2n) is 7.86. The molecule has 2 nitrogen and oxygen atoms in total. The molecular formula is C25H20Cl2F2N2S. The van der Waals surface area contributed by atoms with Crippen LogP contribution in [0.4, 0.5) is 8.78 Å². The predicted octanol–water partition coefficient (Wildman–Crippen LogP) is 8.08. The average molecular weight is 489 g/mol. The van der Waals surface area contributed by atoms with E-state index < -0.39 is 5.41 Å². The molecule has 0 aliphatic heterocycles. The molecule has 0 radical (unpaired) electrons. The van der Waals surface area contributed by atoms with E-state index in [2.05, 4.69) is 18.8 Å². The fourth-order valence-electron chi connectivity index (χ4n) is 3.54. The van der Waals surface area contributed by atoms with Crippen molar-refractivity contribution < 1.29 is 8.78 Å². The zero-order valence-corrected chi connectivity index (χ0v) is 19.8. The molecular weight excluding hydrogens is 469 g/mol. The number of benzene rings is 3. The number of nitrogens with zero attached hydrogens (tertiary/aromatic N) is 2. The van der Waals surface area contributed by atoms with Gasteiger partial charge in [0.25, 0.3) is 0 Å². The smallest absolute Gasteiger partial charge is 0.173 e. The van der Waals surface area contributed by atoms with Crippen LogP contribution in [0.5, 0.6) is 0 Å². The lowest BCUT2D eigenvalue weighted by molar-refractivity contribution is 0.591. The Balaban J connectivity index is 1.78. The summed E-state index contributed by atoms with van der Waals surface area (Å²) in [5.41, 5.74) is 2.72. The Labute approximate surface area is 200 Å². The van der Waals surface area contributed by atoms with E-state index in [1.165, 1.54) is 30.0 Å². The van der Waals surface area contributed by atoms with E-state index in [4.69, 9.17) is 23.2 Å². The highest BCUT2D eigenvalue weighted by Gasteiger charge is 2.29. The molecule has 1 aromatic heterocycles. The maximum absolute atomic E-state index is 14.3. The largest absolute Gasteiger partial charge is 0.291 e. The zero-order valence-electron chi connectivity index (χ0n) is 17.4. The summed E-state index contributed by atoms with van der Waals surface area (Å²) in [5, 5.41) is 1.70. The third-order valence-corrected chi connectivity index (χ3v) is 7.01. The first kappa shape index (κ1) is 22.8. The second kappa shape index (κ2) is 9.26. The minimum absolute atomic E-state index is 0.310. The van der Waals surface area contributed by atoms with Gasteiger partial charge in [-0.2, -0.15) is 0 Å². The Morgan fingerprint density at radius 1 is 0.938 bits per heavy atom. The Morgan fingerprint density at radius 3 is 2.28 bits per heavy atom. The number of rotatable bonds is 6. The summed E-state index contributed by atoms with van der Waals surface area (Å²) < 4.78 is 29.9. The van der Waals surface area contributed by atoms with Crippen LogP contribution in [0, 0.1) is 11.6 Å². The average Bonchev–Trinajstić information content (AvgIpc) is 3.19. The molecule has 0 aliphatic rings. The van der Waals surface area contributed by atoms with E-state index in [-0.39, 0.29) is 11.6 Å². The van der Waals surface area contributed by atoms with Crippen molar-refractivity contribution in [1.82, 2.24) is 9.55 Å². The fraction of sp³-hybridized carbons (Fsp3) is 0.160. The van der Waals surface area contributed by atoms with Crippen molar-refractivity contribution in [3.05, 3.63) is 111 Å². The fourth-order valence-corrected chi connectivity index (χ4v) is 5.00. The molecule has 3 aromatic carbocycles. The lowest BCUT2D eigenvalue weighted by atomic mass is 9.81. The highest BCUT2D eigenvalue weighted by molar-refractivity contribution is 7.98. The molecule has 7 heteroatoms. The SMILES string of the molecule is CC(C)(c1ccc(Cl)cc1)c1cnc(SCc2c(F)cccc2Cl)n1-c1ccc(F)cc1. The number of aromatic nitrogens is 2. The van der Waals surface area contributed by atoms with E-state index in [1.54, 1.807) is 24.3 Å². The Kier molecular flexibility index (Phi) is 6.61. The van der Waals surface area contributed by atoms with Gasteiger partial charge in [0.15, 0.2) is 5.16 Å². The minimum Gasteiger partial charge on any atom is -0.291 e. The van der Waals surface area contributed by atoms with Gasteiger partial charge in [-0.05, 0) is 54.1 Å². The van der Waals surface area contributed by atoms with Crippen LogP contribution >= 0.6 is 35.0 Å². The molecule has 0 N–H and O–H groups in total. The normalized spacial score (nSPS) is 11.7. The molecule has 0 aliphatic carbocycles. The summed E-state index contributed by atoms with van der Waals surface area (Å²) in [6.07, 6.45) is 1.81. The maximum Gasteiger partial charge on any atom is 0.173 e. The van der Waals surface area contributed by atoms with Crippen LogP contribution in [-0.4, -0.2) is 9.55 Å². The van der Waals surface area contributed by atoms with Gasteiger partial charge in [0.1, 0.15) is 11.6 Å². The van der Waals surface area contributed by atoms with E-state index in [0.29, 0.717) is 26.5 Å². The quantitative estimate of drug-likeness (QED) is 0.255. The molecule has 0 bridgehead atoms. The molecule has 1 heterocycles. The molecule has 0 spiro atoms. The highest BCUT2D eigenvalue weighted by atomic mass is 35.5. The van der Waals surface area contributed by atoms with Gasteiger partial charge < -0.3 is 0 Å². The monoisotopic (exact) mass is 488 g/mol. The first-order valence-corrected chi connectivity index (χ1v) is 11.7. The van der Waals surface area contributed by atoms with Gasteiger partial charge in [0, 0.05) is 32.5 Å². The Morgan fingerprint density at radius 2 is 1.62 bits per heavy atom. The van der Waals surface area contributed by atoms with Crippen molar-refractivity contribution in [3.63, 3.8) is 0 Å². The van der Waals surface area contributed by atoms with Crippen LogP contribution in [-0.2, 0) is 11.2 Å². The van der Waals surface area contributed by atoms with Crippen LogP contribution in [0.25, 0.3) is 5.69 Å². The van der Waals surface area contributed by atoms with Crippen LogP contribution in [0.1, 0.15) is 30.7 Å². The molecule has 4 aromatic rings. The minimum atomic E-state index is -0.430. The topological polar surface area (TPSA) is 17.8 Å². The molecule has 0 saturated heterocycles. The van der Waals surface area contributed by atoms with E-state index in [0.717, 1.165) is 16.9 Å². The molecule has 32 heavy (non-hydrogen) atoms. The van der Waals surface area contributed by atoms with E-state index >= 15 is 0 Å². The first-order valence-electron chi connectivity index (χ1n) is 9.93. The van der Waals surface area contributed by atoms with Crippen molar-refractivity contribution in [2.24, 2.45) is 0 Å². The number of hydrogen-bond acceptors (Lipinski definition) is 2. The molecule has 0 fully saturated rings. The van der Waals surface area contributed by atoms with Gasteiger partial charge in [-0.25, -0.2) is 13.8 Å². The molecule has 0 amide bonds. The summed E-state index contributed by atoms with van der Waals surface area (Å²) in [7, 11) is 0. The summed E-state index contributed by atoms with van der Waals surface area (Å²) in [6, 6.07) is 18.6. The van der Waals surface area contributed by atoms with Gasteiger partial charge in [-0.15, -0.1) is 0 Å². The highest BCUT2D eigenvalue weighted by Crippen LogP contribution is 2.37. The third kappa shape index (κ3) is 4.56. The summed E-state index contributed by atoms with van der Waals surface area (Å²) in [5.74, 6) is -0.365. The Hall–Kier alpha value is -2.34. The molecule has 0 unspecified atom stereocenters. The summed E-state index contributed by atoms with van der Waals surface area (Å²) >= 11 is 13.7. The van der Waals surface area contributed by atoms with Crippen LogP contribution in [0.2, 0.25) is 10.0 Å². The van der Waals surface area contributed by atoms with Gasteiger partial charge in [-0.3, -0.25) is 4.57 Å². The summed E-state index contributed by atoms with van der Waals surface area (Å²) in [4.78, 5) is 4.64. The van der Waals surface area contributed by atoms with Crippen molar-refractivity contribution in [2.45, 2.75) is 30.2 Å². The third-order valence-electron chi connectivity index (χ3n) is 5.43. The van der Waals surface area contributed by atoms with Crippen molar-refractivity contribution in [1.29, 1.82) is 0 Å². The maximum atomic E-state index is 14.3. The van der Waals surface area contributed by atoms with Gasteiger partial charge >= 0.3 is 0 Å². The summed E-state index contributed by atoms with van der Waals surface area (Å²) in [6.45, 7) is 4.19. The number of imidazole rings is 1. The molecule has 4 rings (SSSR count). The van der Waals surface area contributed by atoms with Crippen molar-refractivity contribution >= 4 is 35.0 Å². The van der Waals surface area contributed by atoms with Gasteiger partial charge in [0.05, 0.1) is 11.9 Å². The zero-order chi connectivity index (χ0) is 22.9. The van der Waals surface area contributed by atoms with E-state index in [1.807, 2.05) is 35.0 Å². The number of thioether (sulfide) groups is 1. The van der Waals surface area contributed by atoms with Crippen LogP contribution in [0.3, 0.4) is 0 Å². The van der Waals surface area contributed by atoms with E-state index in [9.17, 15) is 8.78 Å². The second-order valence-corrected chi connectivity index (χ2v) is 9.64. The van der Waals surface area contributed by atoms with Crippen LogP contribution < -0.4 is 0 Å². The van der Waals surface area contributed by atoms with Gasteiger partial charge in [0.2, 0.25) is 0 Å². The number of hydrogen-bond donors (Lipinski definition) is 0. The Bertz CT molecular complexity index is 1220. The first-order chi connectivity index (χ1) is 15.3. The van der Waals surface area contributed by atoms with Crippen molar-refractivity contribution in [2.75, 3.05) is 0 Å². The van der Waals surface area contributed by atoms with Crippen LogP contribution in [0.15, 0.2) is 78.1 Å².